The molecule has 2 rings (SSSR count). The lowest BCUT2D eigenvalue weighted by atomic mass is 10.3. The molecule has 0 aliphatic carbocycles. The van der Waals surface area contributed by atoms with Crippen molar-refractivity contribution in [3.05, 3.63) is 46.9 Å². The second-order valence-electron chi connectivity index (χ2n) is 4.59. The van der Waals surface area contributed by atoms with E-state index in [1.54, 1.807) is 43.3 Å². The Kier molecular flexibility index (Phi) is 5.90. The largest absolute Gasteiger partial charge is 0.494 e. The van der Waals surface area contributed by atoms with Crippen LogP contribution in [0.4, 0.5) is 5.69 Å². The van der Waals surface area contributed by atoms with E-state index in [1.165, 1.54) is 6.07 Å². The van der Waals surface area contributed by atoms with E-state index in [9.17, 15) is 8.42 Å². The van der Waals surface area contributed by atoms with Gasteiger partial charge < -0.3 is 9.47 Å². The third-order valence-electron chi connectivity index (χ3n) is 2.91. The lowest BCUT2D eigenvalue weighted by molar-refractivity contribution is 0.322. The van der Waals surface area contributed by atoms with Gasteiger partial charge in [0.05, 0.1) is 13.2 Å². The van der Waals surface area contributed by atoms with Crippen molar-refractivity contribution in [1.29, 1.82) is 0 Å². The van der Waals surface area contributed by atoms with Crippen molar-refractivity contribution in [2.75, 3.05) is 17.9 Å². The topological polar surface area (TPSA) is 64.6 Å². The number of ether oxygens (including phenoxy) is 2. The van der Waals surface area contributed by atoms with Crippen LogP contribution in [0.3, 0.4) is 0 Å². The van der Waals surface area contributed by atoms with E-state index in [0.29, 0.717) is 30.4 Å². The van der Waals surface area contributed by atoms with E-state index in [1.807, 2.05) is 6.92 Å². The third-order valence-corrected chi connectivity index (χ3v) is 4.84. The maximum absolute atomic E-state index is 12.7. The van der Waals surface area contributed by atoms with Crippen LogP contribution in [0, 0.1) is 0 Å². The van der Waals surface area contributed by atoms with Gasteiger partial charge in [-0.15, -0.1) is 0 Å². The number of sulfonamides is 1. The molecule has 5 nitrogen and oxygen atoms in total. The molecule has 0 heterocycles. The lowest BCUT2D eigenvalue weighted by Gasteiger charge is -2.14. The molecule has 7 heteroatoms. The fourth-order valence-electron chi connectivity index (χ4n) is 1.96. The van der Waals surface area contributed by atoms with Gasteiger partial charge in [-0.25, -0.2) is 8.42 Å². The summed E-state index contributed by atoms with van der Waals surface area (Å²) < 4.78 is 39.6. The van der Waals surface area contributed by atoms with Gasteiger partial charge in [0, 0.05) is 16.2 Å². The number of hydrogen-bond acceptors (Lipinski definition) is 4. The van der Waals surface area contributed by atoms with E-state index in [2.05, 4.69) is 20.7 Å². The number of benzene rings is 2. The highest BCUT2D eigenvalue weighted by molar-refractivity contribution is 9.10. The minimum Gasteiger partial charge on any atom is -0.494 e. The first-order valence-electron chi connectivity index (χ1n) is 7.14. The molecule has 23 heavy (non-hydrogen) atoms. The Hall–Kier alpha value is -1.73. The summed E-state index contributed by atoms with van der Waals surface area (Å²) in [7, 11) is -3.79. The van der Waals surface area contributed by atoms with Crippen LogP contribution in [0.25, 0.3) is 0 Å². The van der Waals surface area contributed by atoms with Crippen LogP contribution < -0.4 is 14.2 Å². The Balaban J connectivity index is 2.39. The van der Waals surface area contributed by atoms with E-state index in [-0.39, 0.29) is 4.90 Å². The van der Waals surface area contributed by atoms with E-state index in [4.69, 9.17) is 9.47 Å². The van der Waals surface area contributed by atoms with Gasteiger partial charge in [0.15, 0.2) is 0 Å². The first kappa shape index (κ1) is 17.6. The predicted octanol–water partition coefficient (Wildman–Crippen LogP) is 4.05. The molecule has 0 fully saturated rings. The van der Waals surface area contributed by atoms with E-state index >= 15 is 0 Å². The number of anilines is 1. The quantitative estimate of drug-likeness (QED) is 0.762. The standard InChI is InChI=1S/C16H18BrNO4S/c1-3-21-14-9-10-15(22-4-2)16(11-14)23(19,20)18-13-7-5-12(17)6-8-13/h5-11,18H,3-4H2,1-2H3. The summed E-state index contributed by atoms with van der Waals surface area (Å²) in [6.45, 7) is 4.46. The van der Waals surface area contributed by atoms with Crippen molar-refractivity contribution in [1.82, 2.24) is 0 Å². The lowest BCUT2D eigenvalue weighted by Crippen LogP contribution is -2.14. The summed E-state index contributed by atoms with van der Waals surface area (Å²) in [4.78, 5) is 0.0493. The van der Waals surface area contributed by atoms with Gasteiger partial charge in [-0.3, -0.25) is 4.72 Å². The summed E-state index contributed by atoms with van der Waals surface area (Å²) in [5.41, 5.74) is 0.470. The highest BCUT2D eigenvalue weighted by atomic mass is 79.9. The third kappa shape index (κ3) is 4.62. The van der Waals surface area contributed by atoms with Crippen LogP contribution in [-0.4, -0.2) is 21.6 Å². The second-order valence-corrected chi connectivity index (χ2v) is 7.15. The molecule has 0 saturated carbocycles. The maximum atomic E-state index is 12.7. The number of rotatable bonds is 7. The van der Waals surface area contributed by atoms with Gasteiger partial charge in [-0.05, 0) is 50.2 Å². The highest BCUT2D eigenvalue weighted by Gasteiger charge is 2.21. The zero-order chi connectivity index (χ0) is 16.9. The normalized spacial score (nSPS) is 11.1. The Morgan fingerprint density at radius 3 is 2.26 bits per heavy atom. The Labute approximate surface area is 144 Å². The molecular weight excluding hydrogens is 382 g/mol. The molecule has 2 aromatic carbocycles. The van der Waals surface area contributed by atoms with Crippen LogP contribution >= 0.6 is 15.9 Å². The molecule has 124 valence electrons. The number of halogens is 1. The van der Waals surface area contributed by atoms with Crippen LogP contribution in [-0.2, 0) is 10.0 Å². The van der Waals surface area contributed by atoms with Crippen molar-refractivity contribution < 1.29 is 17.9 Å². The minimum atomic E-state index is -3.79. The highest BCUT2D eigenvalue weighted by Crippen LogP contribution is 2.30. The van der Waals surface area contributed by atoms with Gasteiger partial charge >= 0.3 is 0 Å². The number of hydrogen-bond donors (Lipinski definition) is 1. The fraction of sp³-hybridized carbons (Fsp3) is 0.250. The smallest absolute Gasteiger partial charge is 0.265 e. The first-order chi connectivity index (χ1) is 11.0. The molecule has 0 aromatic heterocycles. The molecule has 0 atom stereocenters. The predicted molar refractivity (Wildman–Crippen MR) is 93.7 cm³/mol. The van der Waals surface area contributed by atoms with E-state index in [0.717, 1.165) is 4.47 Å². The van der Waals surface area contributed by atoms with Crippen molar-refractivity contribution in [3.8, 4) is 11.5 Å². The molecule has 0 aliphatic rings. The van der Waals surface area contributed by atoms with Gasteiger partial charge in [-0.1, -0.05) is 15.9 Å². The molecular formula is C16H18BrNO4S. The molecule has 0 spiro atoms. The molecule has 0 bridgehead atoms. The van der Waals surface area contributed by atoms with Crippen molar-refractivity contribution in [3.63, 3.8) is 0 Å². The fourth-order valence-corrected chi connectivity index (χ4v) is 3.44. The number of nitrogens with one attached hydrogen (secondary N) is 1. The minimum absolute atomic E-state index is 0.0493. The van der Waals surface area contributed by atoms with E-state index < -0.39 is 10.0 Å². The summed E-state index contributed by atoms with van der Waals surface area (Å²) in [5, 5.41) is 0. The van der Waals surface area contributed by atoms with Gasteiger partial charge in [0.25, 0.3) is 10.0 Å². The van der Waals surface area contributed by atoms with Crippen molar-refractivity contribution in [2.45, 2.75) is 18.7 Å². The molecule has 0 radical (unpaired) electrons. The molecule has 2 aromatic rings. The Morgan fingerprint density at radius 2 is 1.65 bits per heavy atom. The summed E-state index contributed by atoms with van der Waals surface area (Å²) in [5.74, 6) is 0.771. The molecule has 0 aliphatic heterocycles. The molecule has 0 saturated heterocycles. The summed E-state index contributed by atoms with van der Waals surface area (Å²) >= 11 is 3.32. The first-order valence-corrected chi connectivity index (χ1v) is 9.42. The molecule has 0 unspecified atom stereocenters. The van der Waals surface area contributed by atoms with Gasteiger partial charge in [0.1, 0.15) is 16.4 Å². The zero-order valence-corrected chi connectivity index (χ0v) is 15.3. The van der Waals surface area contributed by atoms with Crippen LogP contribution in [0.1, 0.15) is 13.8 Å². The SMILES string of the molecule is CCOc1ccc(OCC)c(S(=O)(=O)Nc2ccc(Br)cc2)c1. The maximum Gasteiger partial charge on any atom is 0.265 e. The van der Waals surface area contributed by atoms with Crippen molar-refractivity contribution in [2.24, 2.45) is 0 Å². The van der Waals surface area contributed by atoms with Gasteiger partial charge in [-0.2, -0.15) is 0 Å². The van der Waals surface area contributed by atoms with Crippen molar-refractivity contribution >= 4 is 31.6 Å². The van der Waals surface area contributed by atoms with Crippen LogP contribution in [0.15, 0.2) is 51.8 Å². The average molecular weight is 400 g/mol. The Morgan fingerprint density at radius 1 is 1.00 bits per heavy atom. The summed E-state index contributed by atoms with van der Waals surface area (Å²) in [6.07, 6.45) is 0. The Bertz CT molecular complexity index is 760. The van der Waals surface area contributed by atoms with Gasteiger partial charge in [0.2, 0.25) is 0 Å². The molecule has 0 amide bonds. The van der Waals surface area contributed by atoms with Crippen LogP contribution in [0.2, 0.25) is 0 Å². The molecule has 1 N–H and O–H groups in total. The monoisotopic (exact) mass is 399 g/mol. The second kappa shape index (κ2) is 7.70. The van der Waals surface area contributed by atoms with Crippen LogP contribution in [0.5, 0.6) is 11.5 Å². The average Bonchev–Trinajstić information content (AvgIpc) is 2.51. The summed E-state index contributed by atoms with van der Waals surface area (Å²) in [6, 6.07) is 11.6. The zero-order valence-electron chi connectivity index (χ0n) is 12.9.